The quantitative estimate of drug-likeness (QED) is 0.330. The van der Waals surface area contributed by atoms with E-state index in [1.54, 1.807) is 6.92 Å². The van der Waals surface area contributed by atoms with Crippen molar-refractivity contribution in [2.45, 2.75) is 36.6 Å². The summed E-state index contributed by atoms with van der Waals surface area (Å²) in [4.78, 5) is 4.16. The maximum absolute atomic E-state index is 7.46. The van der Waals surface area contributed by atoms with Crippen molar-refractivity contribution in [1.29, 1.82) is 0 Å². The molecular weight excluding hydrogens is 192 g/mol. The Bertz CT molecular complexity index is 122. The summed E-state index contributed by atoms with van der Waals surface area (Å²) in [5.41, 5.74) is 0. The second kappa shape index (κ2) is 29.5. The molecule has 0 bridgehead atoms. The fourth-order valence-electron chi connectivity index (χ4n) is 0.169. The van der Waals surface area contributed by atoms with Crippen molar-refractivity contribution in [3.05, 3.63) is 0 Å². The van der Waals surface area contributed by atoms with Crippen LogP contribution in [0.1, 0.15) is 38.1 Å². The van der Waals surface area contributed by atoms with Gasteiger partial charge in [-0.1, -0.05) is 35.6 Å². The van der Waals surface area contributed by atoms with E-state index in [1.165, 1.54) is 0 Å². The lowest BCUT2D eigenvalue weighted by atomic mass is 10.6. The first kappa shape index (κ1) is 29.2. The molecule has 0 fully saturated rings. The fourth-order valence-corrected chi connectivity index (χ4v) is 0.169. The van der Waals surface area contributed by atoms with Gasteiger partial charge in [0.05, 0.1) is 0 Å². The third-order valence-corrected chi connectivity index (χ3v) is 0.442. The van der Waals surface area contributed by atoms with E-state index in [-0.39, 0.29) is 37.7 Å². The summed E-state index contributed by atoms with van der Waals surface area (Å²) in [7, 11) is 0. The van der Waals surface area contributed by atoms with E-state index in [4.69, 9.17) is 5.26 Å². The highest BCUT2D eigenvalue weighted by molar-refractivity contribution is 4.94. The van der Waals surface area contributed by atoms with Crippen LogP contribution in [0.15, 0.2) is 0 Å². The van der Waals surface area contributed by atoms with E-state index >= 15 is 0 Å². The minimum atomic E-state index is 0. The van der Waals surface area contributed by atoms with Crippen LogP contribution in [0, 0.1) is 11.8 Å². The Morgan fingerprint density at radius 3 is 2.07 bits per heavy atom. The lowest BCUT2D eigenvalue weighted by Gasteiger charge is -1.93. The van der Waals surface area contributed by atoms with Crippen molar-refractivity contribution < 1.29 is 31.7 Å². The van der Waals surface area contributed by atoms with Crippen LogP contribution in [0.25, 0.3) is 0 Å². The van der Waals surface area contributed by atoms with Crippen LogP contribution in [-0.2, 0) is 25.0 Å². The zero-order chi connectivity index (χ0) is 7.66. The summed E-state index contributed by atoms with van der Waals surface area (Å²) >= 11 is 0. The first-order chi connectivity index (χ1) is 4.91. The zero-order valence-corrected chi connectivity index (χ0v) is 5.20. The highest BCUT2D eigenvalue weighted by Gasteiger charge is 1.86. The summed E-state index contributed by atoms with van der Waals surface area (Å²) in [5.74, 6) is 5.02. The molecule has 14 heavy (non-hydrogen) atoms. The van der Waals surface area contributed by atoms with Crippen LogP contribution >= 0.6 is 0 Å². The molecule has 0 saturated carbocycles. The maximum Gasteiger partial charge on any atom is 0.146 e. The minimum Gasteiger partial charge on any atom is -0.219 e. The summed E-state index contributed by atoms with van der Waals surface area (Å²) in [5, 5.41) is 21.2. The van der Waals surface area contributed by atoms with Gasteiger partial charge in [0.15, 0.2) is 0 Å². The summed E-state index contributed by atoms with van der Waals surface area (Å²) in [6.45, 7) is 1.67. The smallest absolute Gasteiger partial charge is 0.146 e. The Balaban J connectivity index is -0.0000000405. The van der Waals surface area contributed by atoms with Crippen molar-refractivity contribution in [3.63, 3.8) is 0 Å². The second-order valence-electron chi connectivity index (χ2n) is 0.968. The molecule has 0 aromatic heterocycles. The maximum atomic E-state index is 7.46. The van der Waals surface area contributed by atoms with Crippen molar-refractivity contribution in [2.75, 3.05) is 6.61 Å². The predicted molar refractivity (Wildman–Crippen MR) is 55.4 cm³/mol. The molecular formula is C8H24O6. The SMILES string of the molecule is C.C.C.C.CC#CCOOOOOO.[HH]. The summed E-state index contributed by atoms with van der Waals surface area (Å²) in [6.07, 6.45) is 0. The van der Waals surface area contributed by atoms with Crippen molar-refractivity contribution in [3.8, 4) is 11.8 Å². The average molecular weight is 216 g/mol. The molecule has 92 valence electrons. The Kier molecular flexibility index (Phi) is 61.5. The Hall–Kier alpha value is -0.680. The van der Waals surface area contributed by atoms with Gasteiger partial charge in [-0.25, -0.2) is 5.26 Å². The van der Waals surface area contributed by atoms with Gasteiger partial charge in [0.2, 0.25) is 0 Å². The molecule has 0 heterocycles. The van der Waals surface area contributed by atoms with Crippen LogP contribution < -0.4 is 0 Å². The molecule has 0 radical (unpaired) electrons. The van der Waals surface area contributed by atoms with E-state index in [2.05, 4.69) is 36.9 Å². The van der Waals surface area contributed by atoms with E-state index in [1.807, 2.05) is 0 Å². The fraction of sp³-hybridized carbons (Fsp3) is 0.750. The van der Waals surface area contributed by atoms with Gasteiger partial charge in [-0.05, 0) is 27.1 Å². The predicted octanol–water partition coefficient (Wildman–Crippen LogP) is 3.02. The molecule has 0 spiro atoms. The normalized spacial score (nSPS) is 6.14. The minimum absolute atomic E-state index is 0. The number of rotatable bonds is 5. The summed E-state index contributed by atoms with van der Waals surface area (Å²) in [6, 6.07) is 0. The zero-order valence-electron chi connectivity index (χ0n) is 5.20. The van der Waals surface area contributed by atoms with Crippen molar-refractivity contribution >= 4 is 0 Å². The van der Waals surface area contributed by atoms with Crippen LogP contribution in [0.2, 0.25) is 0 Å². The summed E-state index contributed by atoms with van der Waals surface area (Å²) < 4.78 is 0. The average Bonchev–Trinajstić information content (AvgIpc) is 1.97. The van der Waals surface area contributed by atoms with Gasteiger partial charge in [0.25, 0.3) is 0 Å². The Labute approximate surface area is 87.8 Å². The van der Waals surface area contributed by atoms with Crippen LogP contribution in [0.3, 0.4) is 0 Å². The molecule has 0 aromatic carbocycles. The molecule has 1 N–H and O–H groups in total. The molecule has 0 atom stereocenters. The monoisotopic (exact) mass is 216 g/mol. The highest BCUT2D eigenvalue weighted by Crippen LogP contribution is 1.81. The van der Waals surface area contributed by atoms with Gasteiger partial charge < -0.3 is 0 Å². The molecule has 0 aromatic rings. The van der Waals surface area contributed by atoms with Gasteiger partial charge in [0, 0.05) is 1.43 Å². The van der Waals surface area contributed by atoms with E-state index in [0.717, 1.165) is 0 Å². The van der Waals surface area contributed by atoms with Crippen LogP contribution in [0.4, 0.5) is 0 Å². The molecule has 0 aliphatic rings. The lowest BCUT2D eigenvalue weighted by molar-refractivity contribution is -0.752. The first-order valence-electron chi connectivity index (χ1n) is 2.24. The molecule has 0 aliphatic carbocycles. The third-order valence-electron chi connectivity index (χ3n) is 0.442. The molecule has 6 heteroatoms. The van der Waals surface area contributed by atoms with Crippen molar-refractivity contribution in [1.82, 2.24) is 0 Å². The van der Waals surface area contributed by atoms with Gasteiger partial charge in [0.1, 0.15) is 6.61 Å². The van der Waals surface area contributed by atoms with E-state index in [9.17, 15) is 0 Å². The molecule has 0 amide bonds. The molecule has 0 unspecified atom stereocenters. The first-order valence-corrected chi connectivity index (χ1v) is 2.24. The van der Waals surface area contributed by atoms with Crippen LogP contribution in [0.5, 0.6) is 0 Å². The van der Waals surface area contributed by atoms with Gasteiger partial charge in [-0.15, -0.1) is 5.92 Å². The second-order valence-corrected chi connectivity index (χ2v) is 0.968. The van der Waals surface area contributed by atoms with Crippen LogP contribution in [-0.4, -0.2) is 11.9 Å². The Morgan fingerprint density at radius 1 is 1.07 bits per heavy atom. The molecule has 6 nitrogen and oxygen atoms in total. The van der Waals surface area contributed by atoms with E-state index in [0.29, 0.717) is 0 Å². The largest absolute Gasteiger partial charge is 0.219 e. The van der Waals surface area contributed by atoms with Gasteiger partial charge >= 0.3 is 0 Å². The highest BCUT2D eigenvalue weighted by atomic mass is 17.8. The standard InChI is InChI=1S/C4H6O6.4CH4.H2/c1-2-3-4-6-8-10-9-7-5;;;;;/h5H,4H2,1H3;4*1H4;1H. The Morgan fingerprint density at radius 2 is 1.64 bits per heavy atom. The molecule has 0 aliphatic heterocycles. The van der Waals surface area contributed by atoms with Crippen molar-refractivity contribution in [2.24, 2.45) is 0 Å². The number of hydrogen-bond donors (Lipinski definition) is 1. The number of hydrogen-bond acceptors (Lipinski definition) is 6. The lowest BCUT2D eigenvalue weighted by Crippen LogP contribution is -1.97. The third kappa shape index (κ3) is 30.2. The molecule has 0 saturated heterocycles. The van der Waals surface area contributed by atoms with E-state index < -0.39 is 0 Å². The van der Waals surface area contributed by atoms with Gasteiger partial charge in [-0.2, -0.15) is 4.89 Å². The topological polar surface area (TPSA) is 66.4 Å². The van der Waals surface area contributed by atoms with Gasteiger partial charge in [-0.3, -0.25) is 0 Å². The molecule has 0 rings (SSSR count).